The van der Waals surface area contributed by atoms with Gasteiger partial charge in [0.15, 0.2) is 11.6 Å². The number of hydrogen-bond donors (Lipinski definition) is 1. The molecule has 3 aromatic rings. The Morgan fingerprint density at radius 1 is 1.03 bits per heavy atom. The minimum absolute atomic E-state index is 0.0753. The molecule has 4 rings (SSSR count). The molecule has 0 radical (unpaired) electrons. The third-order valence-corrected chi connectivity index (χ3v) is 10.0. The molecule has 0 aromatic heterocycles. The Labute approximate surface area is 228 Å². The highest BCUT2D eigenvalue weighted by Gasteiger charge is 2.45. The van der Waals surface area contributed by atoms with Gasteiger partial charge < -0.3 is 5.32 Å². The zero-order valence-corrected chi connectivity index (χ0v) is 23.4. The molecule has 1 N–H and O–H groups in total. The van der Waals surface area contributed by atoms with Crippen molar-refractivity contribution >= 4 is 43.6 Å². The largest absolute Gasteiger partial charge is 0.355 e. The number of hydrogen-bond acceptors (Lipinski definition) is 4. The maximum Gasteiger partial charge on any atom is 0.243 e. The Morgan fingerprint density at radius 3 is 2.38 bits per heavy atom. The standard InChI is InChI=1S/C27H27BrF2N2O3S2/c1-36-25-10-7-21(28)17-19(25)11-14-31-26(33)27(20-5-3-2-4-6-20)12-15-32(16-13-27)37(34,35)22-8-9-23(29)24(30)18-22/h2-10,17-18H,11-16H2,1H3,(H,31,33). The summed E-state index contributed by atoms with van der Waals surface area (Å²) in [5.41, 5.74) is 1.05. The number of rotatable bonds is 8. The summed E-state index contributed by atoms with van der Waals surface area (Å²) in [6.07, 6.45) is 3.19. The lowest BCUT2D eigenvalue weighted by molar-refractivity contribution is -0.128. The zero-order chi connectivity index (χ0) is 26.6. The molecule has 10 heteroatoms. The molecule has 0 unspecified atom stereocenters. The summed E-state index contributed by atoms with van der Waals surface area (Å²) in [5, 5.41) is 3.09. The SMILES string of the molecule is CSc1ccc(Br)cc1CCNC(=O)C1(c2ccccc2)CCN(S(=O)(=O)c2ccc(F)c(F)c2)CC1. The van der Waals surface area contributed by atoms with Crippen LogP contribution in [0.1, 0.15) is 24.0 Å². The highest BCUT2D eigenvalue weighted by atomic mass is 79.9. The Balaban J connectivity index is 1.52. The van der Waals surface area contributed by atoms with Gasteiger partial charge in [0, 0.05) is 29.0 Å². The van der Waals surface area contributed by atoms with Crippen LogP contribution in [0.5, 0.6) is 0 Å². The van der Waals surface area contributed by atoms with Gasteiger partial charge in [-0.15, -0.1) is 11.8 Å². The molecule has 0 spiro atoms. The van der Waals surface area contributed by atoms with Crippen molar-refractivity contribution in [2.45, 2.75) is 34.5 Å². The first-order valence-electron chi connectivity index (χ1n) is 11.8. The van der Waals surface area contributed by atoms with Gasteiger partial charge in [-0.2, -0.15) is 4.31 Å². The molecule has 0 saturated carbocycles. The van der Waals surface area contributed by atoms with E-state index in [0.29, 0.717) is 19.0 Å². The first-order valence-corrected chi connectivity index (χ1v) is 15.2. The van der Waals surface area contributed by atoms with Crippen LogP contribution in [0.2, 0.25) is 0 Å². The van der Waals surface area contributed by atoms with E-state index in [1.165, 1.54) is 4.31 Å². The zero-order valence-electron chi connectivity index (χ0n) is 20.2. The van der Waals surface area contributed by atoms with Gasteiger partial charge in [0.2, 0.25) is 15.9 Å². The van der Waals surface area contributed by atoms with Crippen molar-refractivity contribution in [3.8, 4) is 0 Å². The molecule has 0 bridgehead atoms. The molecule has 0 atom stereocenters. The normalized spacial score (nSPS) is 15.9. The lowest BCUT2D eigenvalue weighted by Crippen LogP contribution is -2.53. The summed E-state index contributed by atoms with van der Waals surface area (Å²) in [5.74, 6) is -2.47. The van der Waals surface area contributed by atoms with E-state index in [2.05, 4.69) is 21.2 Å². The molecular weight excluding hydrogens is 582 g/mol. The Bertz CT molecular complexity index is 1380. The number of benzene rings is 3. The van der Waals surface area contributed by atoms with Crippen LogP contribution in [0.25, 0.3) is 0 Å². The van der Waals surface area contributed by atoms with Gasteiger partial charge in [0.1, 0.15) is 0 Å². The number of sulfonamides is 1. The van der Waals surface area contributed by atoms with Crippen LogP contribution in [-0.4, -0.2) is 44.5 Å². The molecule has 5 nitrogen and oxygen atoms in total. The Morgan fingerprint density at radius 2 is 1.73 bits per heavy atom. The molecule has 196 valence electrons. The number of thioether (sulfide) groups is 1. The van der Waals surface area contributed by atoms with E-state index in [-0.39, 0.29) is 36.7 Å². The second-order valence-corrected chi connectivity index (χ2v) is 12.6. The predicted molar refractivity (Wildman–Crippen MR) is 145 cm³/mol. The van der Waals surface area contributed by atoms with Crippen LogP contribution in [0, 0.1) is 11.6 Å². The number of carbonyl (C=O) groups excluding carboxylic acids is 1. The number of amides is 1. The van der Waals surface area contributed by atoms with Crippen molar-refractivity contribution in [1.29, 1.82) is 0 Å². The van der Waals surface area contributed by atoms with Gasteiger partial charge in [-0.25, -0.2) is 17.2 Å². The molecule has 1 aliphatic rings. The van der Waals surface area contributed by atoms with Crippen LogP contribution in [0.3, 0.4) is 0 Å². The summed E-state index contributed by atoms with van der Waals surface area (Å²) in [7, 11) is -4.04. The number of nitrogens with zero attached hydrogens (tertiary/aromatic N) is 1. The lowest BCUT2D eigenvalue weighted by Gasteiger charge is -2.40. The van der Waals surface area contributed by atoms with E-state index in [1.807, 2.05) is 54.8 Å². The summed E-state index contributed by atoms with van der Waals surface area (Å²) < 4.78 is 55.5. The number of halogens is 3. The third kappa shape index (κ3) is 5.92. The predicted octanol–water partition coefficient (Wildman–Crippen LogP) is 5.53. The second-order valence-electron chi connectivity index (χ2n) is 8.89. The third-order valence-electron chi connectivity index (χ3n) is 6.79. The molecule has 1 heterocycles. The van der Waals surface area contributed by atoms with Crippen molar-refractivity contribution in [3.05, 3.63) is 94.0 Å². The first kappa shape index (κ1) is 27.8. The fourth-order valence-corrected chi connectivity index (χ4v) is 7.21. The number of nitrogens with one attached hydrogen (secondary N) is 1. The van der Waals surface area contributed by atoms with Gasteiger partial charge in [-0.05, 0) is 73.0 Å². The molecule has 1 aliphatic heterocycles. The van der Waals surface area contributed by atoms with E-state index < -0.39 is 27.1 Å². The Hall–Kier alpha value is -2.27. The van der Waals surface area contributed by atoms with E-state index in [1.54, 1.807) is 11.8 Å². The quantitative estimate of drug-likeness (QED) is 0.341. The van der Waals surface area contributed by atoms with Crippen LogP contribution in [-0.2, 0) is 26.7 Å². The topological polar surface area (TPSA) is 66.5 Å². The van der Waals surface area contributed by atoms with Crippen LogP contribution < -0.4 is 5.32 Å². The van der Waals surface area contributed by atoms with Gasteiger partial charge in [-0.1, -0.05) is 46.3 Å². The van der Waals surface area contributed by atoms with Crippen LogP contribution in [0.15, 0.2) is 81.0 Å². The molecule has 0 aliphatic carbocycles. The van der Waals surface area contributed by atoms with Crippen molar-refractivity contribution in [3.63, 3.8) is 0 Å². The maximum absolute atomic E-state index is 13.7. The smallest absolute Gasteiger partial charge is 0.243 e. The monoisotopic (exact) mass is 608 g/mol. The van der Waals surface area contributed by atoms with Crippen LogP contribution in [0.4, 0.5) is 8.78 Å². The number of piperidine rings is 1. The molecule has 1 fully saturated rings. The minimum Gasteiger partial charge on any atom is -0.355 e. The number of carbonyl (C=O) groups is 1. The maximum atomic E-state index is 13.7. The fraction of sp³-hybridized carbons (Fsp3) is 0.296. The van der Waals surface area contributed by atoms with Gasteiger partial charge >= 0.3 is 0 Å². The van der Waals surface area contributed by atoms with Crippen molar-refractivity contribution in [1.82, 2.24) is 9.62 Å². The molecule has 1 saturated heterocycles. The first-order chi connectivity index (χ1) is 17.7. The summed E-state index contributed by atoms with van der Waals surface area (Å²) in [6, 6.07) is 18.0. The van der Waals surface area contributed by atoms with E-state index in [0.717, 1.165) is 32.6 Å². The second kappa shape index (κ2) is 11.6. The average molecular weight is 610 g/mol. The highest BCUT2D eigenvalue weighted by Crippen LogP contribution is 2.37. The fourth-order valence-electron chi connectivity index (χ4n) is 4.72. The van der Waals surface area contributed by atoms with E-state index in [4.69, 9.17) is 0 Å². The molecule has 37 heavy (non-hydrogen) atoms. The Kier molecular flexibility index (Phi) is 8.73. The summed E-state index contributed by atoms with van der Waals surface area (Å²) in [6.45, 7) is 0.589. The van der Waals surface area contributed by atoms with Gasteiger partial charge in [0.25, 0.3) is 0 Å². The molecule has 3 aromatic carbocycles. The minimum atomic E-state index is -4.04. The van der Waals surface area contributed by atoms with Gasteiger partial charge in [0.05, 0.1) is 10.3 Å². The average Bonchev–Trinajstić information content (AvgIpc) is 2.90. The van der Waals surface area contributed by atoms with Crippen molar-refractivity contribution in [2.24, 2.45) is 0 Å². The van der Waals surface area contributed by atoms with E-state index >= 15 is 0 Å². The molecular formula is C27H27BrF2N2O3S2. The van der Waals surface area contributed by atoms with E-state index in [9.17, 15) is 22.0 Å². The lowest BCUT2D eigenvalue weighted by atomic mass is 9.72. The van der Waals surface area contributed by atoms with Crippen molar-refractivity contribution < 1.29 is 22.0 Å². The highest BCUT2D eigenvalue weighted by molar-refractivity contribution is 9.10. The summed E-state index contributed by atoms with van der Waals surface area (Å²) in [4.78, 5) is 14.5. The molecule has 1 amide bonds. The summed E-state index contributed by atoms with van der Waals surface area (Å²) >= 11 is 5.15. The van der Waals surface area contributed by atoms with Gasteiger partial charge in [-0.3, -0.25) is 4.79 Å². The van der Waals surface area contributed by atoms with Crippen LogP contribution >= 0.6 is 27.7 Å². The van der Waals surface area contributed by atoms with Crippen molar-refractivity contribution in [2.75, 3.05) is 25.9 Å².